The van der Waals surface area contributed by atoms with Gasteiger partial charge in [-0.05, 0) is 67.8 Å². The van der Waals surface area contributed by atoms with Gasteiger partial charge in [-0.15, -0.1) is 0 Å². The topological polar surface area (TPSA) is 65.0 Å². The summed E-state index contributed by atoms with van der Waals surface area (Å²) in [5.74, 6) is 0.179. The number of ether oxygens (including phenoxy) is 1. The van der Waals surface area contributed by atoms with Crippen LogP contribution in [0.25, 0.3) is 0 Å². The van der Waals surface area contributed by atoms with Crippen molar-refractivity contribution in [2.24, 2.45) is 4.99 Å². The molecule has 5 nitrogen and oxygen atoms in total. The molecule has 0 N–H and O–H groups in total. The van der Waals surface area contributed by atoms with E-state index in [9.17, 15) is 8.42 Å². The number of hydrogen-bond donors (Lipinski definition) is 0. The summed E-state index contributed by atoms with van der Waals surface area (Å²) in [7, 11) is -4.05. The lowest BCUT2D eigenvalue weighted by Gasteiger charge is -2.14. The zero-order chi connectivity index (χ0) is 21.7. The van der Waals surface area contributed by atoms with Crippen LogP contribution in [-0.2, 0) is 10.1 Å². The Hall–Kier alpha value is -2.83. The van der Waals surface area contributed by atoms with Crippen molar-refractivity contribution in [1.82, 2.24) is 0 Å². The standard InChI is InChI=1S/C23H22ClNO4S/c1-4-28-22-14-18(15-25-21-12-16(2)10-11-17(21)3)13-20(24)23(22)29-30(26,27)19-8-6-5-7-9-19/h5-15H,4H2,1-3H3. The van der Waals surface area contributed by atoms with Gasteiger partial charge < -0.3 is 8.92 Å². The molecule has 0 fully saturated rings. The molecule has 0 unspecified atom stereocenters. The molecule has 0 radical (unpaired) electrons. The van der Waals surface area contributed by atoms with E-state index in [-0.39, 0.29) is 21.4 Å². The molecule has 3 aromatic rings. The van der Waals surface area contributed by atoms with Gasteiger partial charge in [-0.25, -0.2) is 0 Å². The Morgan fingerprint density at radius 2 is 1.77 bits per heavy atom. The van der Waals surface area contributed by atoms with E-state index < -0.39 is 10.1 Å². The minimum atomic E-state index is -4.05. The zero-order valence-corrected chi connectivity index (χ0v) is 18.5. The zero-order valence-electron chi connectivity index (χ0n) is 16.9. The summed E-state index contributed by atoms with van der Waals surface area (Å²) >= 11 is 6.37. The van der Waals surface area contributed by atoms with E-state index >= 15 is 0 Å². The lowest BCUT2D eigenvalue weighted by atomic mass is 10.1. The molecule has 3 aromatic carbocycles. The number of hydrogen-bond acceptors (Lipinski definition) is 5. The number of aryl methyl sites for hydroxylation is 2. The van der Waals surface area contributed by atoms with Crippen LogP contribution in [-0.4, -0.2) is 21.2 Å². The van der Waals surface area contributed by atoms with Crippen molar-refractivity contribution < 1.29 is 17.3 Å². The summed E-state index contributed by atoms with van der Waals surface area (Å²) in [5.41, 5.74) is 3.66. The van der Waals surface area contributed by atoms with Crippen molar-refractivity contribution in [2.45, 2.75) is 25.7 Å². The van der Waals surface area contributed by atoms with Crippen LogP contribution in [0.4, 0.5) is 5.69 Å². The summed E-state index contributed by atoms with van der Waals surface area (Å²) in [6, 6.07) is 17.1. The van der Waals surface area contributed by atoms with Gasteiger partial charge in [0.05, 0.1) is 17.3 Å². The highest BCUT2D eigenvalue weighted by Gasteiger charge is 2.22. The number of rotatable bonds is 7. The van der Waals surface area contributed by atoms with Crippen LogP contribution >= 0.6 is 11.6 Å². The van der Waals surface area contributed by atoms with Crippen LogP contribution < -0.4 is 8.92 Å². The Balaban J connectivity index is 1.96. The first-order valence-corrected chi connectivity index (χ1v) is 11.2. The molecule has 0 heterocycles. The maximum atomic E-state index is 12.6. The second kappa shape index (κ2) is 9.32. The van der Waals surface area contributed by atoms with Crippen LogP contribution in [0.5, 0.6) is 11.5 Å². The molecule has 0 bridgehead atoms. The molecule has 3 rings (SSSR count). The molecular formula is C23H22ClNO4S. The molecule has 0 aromatic heterocycles. The summed E-state index contributed by atoms with van der Waals surface area (Å²) < 4.78 is 36.2. The summed E-state index contributed by atoms with van der Waals surface area (Å²) in [6.45, 7) is 6.09. The highest BCUT2D eigenvalue weighted by molar-refractivity contribution is 7.87. The maximum absolute atomic E-state index is 12.6. The maximum Gasteiger partial charge on any atom is 0.339 e. The molecule has 7 heteroatoms. The highest BCUT2D eigenvalue weighted by atomic mass is 35.5. The third-order valence-electron chi connectivity index (χ3n) is 4.27. The first-order valence-electron chi connectivity index (χ1n) is 9.37. The van der Waals surface area contributed by atoms with Gasteiger partial charge in [0.1, 0.15) is 4.90 Å². The monoisotopic (exact) mass is 443 g/mol. The predicted molar refractivity (Wildman–Crippen MR) is 120 cm³/mol. The van der Waals surface area contributed by atoms with Gasteiger partial charge >= 0.3 is 10.1 Å². The van der Waals surface area contributed by atoms with Gasteiger partial charge in [-0.3, -0.25) is 4.99 Å². The molecule has 0 saturated heterocycles. The largest absolute Gasteiger partial charge is 0.490 e. The van der Waals surface area contributed by atoms with Crippen molar-refractivity contribution in [3.8, 4) is 11.5 Å². The summed E-state index contributed by atoms with van der Waals surface area (Å²) in [5, 5.41) is 0.114. The number of benzene rings is 3. The van der Waals surface area contributed by atoms with Crippen LogP contribution in [0.15, 0.2) is 70.6 Å². The van der Waals surface area contributed by atoms with E-state index in [1.807, 2.05) is 32.0 Å². The fourth-order valence-electron chi connectivity index (χ4n) is 2.75. The van der Waals surface area contributed by atoms with Crippen LogP contribution in [0.2, 0.25) is 5.02 Å². The molecule has 0 aliphatic carbocycles. The quantitative estimate of drug-likeness (QED) is 0.338. The second-order valence-electron chi connectivity index (χ2n) is 6.66. The fraction of sp³-hybridized carbons (Fsp3) is 0.174. The Kier molecular flexibility index (Phi) is 6.80. The van der Waals surface area contributed by atoms with Gasteiger partial charge in [0.2, 0.25) is 5.75 Å². The first-order chi connectivity index (χ1) is 14.3. The van der Waals surface area contributed by atoms with E-state index in [2.05, 4.69) is 4.99 Å². The number of nitrogens with zero attached hydrogens (tertiary/aromatic N) is 1. The van der Waals surface area contributed by atoms with Crippen molar-refractivity contribution >= 4 is 33.6 Å². The molecular weight excluding hydrogens is 422 g/mol. The normalized spacial score (nSPS) is 11.6. The molecule has 0 aliphatic heterocycles. The smallest absolute Gasteiger partial charge is 0.339 e. The van der Waals surface area contributed by atoms with E-state index in [0.717, 1.165) is 16.8 Å². The minimum Gasteiger partial charge on any atom is -0.490 e. The Morgan fingerprint density at radius 3 is 2.47 bits per heavy atom. The van der Waals surface area contributed by atoms with Crippen LogP contribution in [0.1, 0.15) is 23.6 Å². The molecule has 156 valence electrons. The van der Waals surface area contributed by atoms with Crippen molar-refractivity contribution in [1.29, 1.82) is 0 Å². The molecule has 0 spiro atoms. The average Bonchev–Trinajstić information content (AvgIpc) is 2.72. The van der Waals surface area contributed by atoms with Crippen molar-refractivity contribution in [2.75, 3.05) is 6.61 Å². The average molecular weight is 444 g/mol. The van der Waals surface area contributed by atoms with Gasteiger partial charge in [0.25, 0.3) is 0 Å². The molecule has 0 aliphatic rings. The van der Waals surface area contributed by atoms with Crippen molar-refractivity contribution in [3.63, 3.8) is 0 Å². The van der Waals surface area contributed by atoms with Crippen molar-refractivity contribution in [3.05, 3.63) is 82.4 Å². The molecule has 0 saturated carbocycles. The van der Waals surface area contributed by atoms with Crippen LogP contribution in [0.3, 0.4) is 0 Å². The second-order valence-corrected chi connectivity index (χ2v) is 8.62. The predicted octanol–water partition coefficient (Wildman–Crippen LogP) is 5.87. The Bertz CT molecular complexity index is 1180. The molecule has 0 atom stereocenters. The third-order valence-corrected chi connectivity index (χ3v) is 5.79. The number of aliphatic imine (C=N–C) groups is 1. The van der Waals surface area contributed by atoms with Gasteiger partial charge in [0.15, 0.2) is 5.75 Å². The summed E-state index contributed by atoms with van der Waals surface area (Å²) in [6.07, 6.45) is 1.66. The van der Waals surface area contributed by atoms with E-state index in [1.165, 1.54) is 12.1 Å². The minimum absolute atomic E-state index is 0.0316. The number of halogens is 1. The first kappa shape index (κ1) is 21.9. The van der Waals surface area contributed by atoms with E-state index in [4.69, 9.17) is 20.5 Å². The van der Waals surface area contributed by atoms with E-state index in [0.29, 0.717) is 12.2 Å². The van der Waals surface area contributed by atoms with Gasteiger partial charge in [0, 0.05) is 6.21 Å². The lowest BCUT2D eigenvalue weighted by molar-refractivity contribution is 0.327. The van der Waals surface area contributed by atoms with Gasteiger partial charge in [-0.2, -0.15) is 8.42 Å². The van der Waals surface area contributed by atoms with Crippen LogP contribution in [0, 0.1) is 13.8 Å². The molecule has 30 heavy (non-hydrogen) atoms. The lowest BCUT2D eigenvalue weighted by Crippen LogP contribution is -2.11. The Morgan fingerprint density at radius 1 is 1.03 bits per heavy atom. The fourth-order valence-corrected chi connectivity index (χ4v) is 4.04. The Labute approximate surface area is 182 Å². The highest BCUT2D eigenvalue weighted by Crippen LogP contribution is 2.38. The summed E-state index contributed by atoms with van der Waals surface area (Å²) in [4.78, 5) is 4.56. The van der Waals surface area contributed by atoms with E-state index in [1.54, 1.807) is 43.5 Å². The molecule has 0 amide bonds. The third kappa shape index (κ3) is 5.20. The SMILES string of the molecule is CCOc1cc(C=Nc2cc(C)ccc2C)cc(Cl)c1OS(=O)(=O)c1ccccc1. The van der Waals surface area contributed by atoms with Gasteiger partial charge in [-0.1, -0.05) is 41.9 Å².